The molecule has 6 rings (SSSR count). The maximum absolute atomic E-state index is 12.6. The van der Waals surface area contributed by atoms with E-state index in [9.17, 15) is 13.2 Å². The number of nitrogens with two attached hydrogens (primary N) is 1. The number of amides is 1. The van der Waals surface area contributed by atoms with Gasteiger partial charge in [0.1, 0.15) is 29.4 Å². The van der Waals surface area contributed by atoms with Crippen LogP contribution in [0.5, 0.6) is 17.4 Å². The number of sulfone groups is 1. The molecule has 43 heavy (non-hydrogen) atoms. The third-order valence-electron chi connectivity index (χ3n) is 7.80. The average Bonchev–Trinajstić information content (AvgIpc) is 3.27. The van der Waals surface area contributed by atoms with Crippen LogP contribution in [-0.2, 0) is 20.5 Å². The molecule has 0 spiro atoms. The van der Waals surface area contributed by atoms with Gasteiger partial charge in [-0.3, -0.25) is 4.79 Å². The normalized spacial score (nSPS) is 19.0. The predicted molar refractivity (Wildman–Crippen MR) is 162 cm³/mol. The Bertz CT molecular complexity index is 1950. The number of piperidine rings is 1. The number of methoxy groups -OCH3 is 1. The first-order chi connectivity index (χ1) is 20.6. The summed E-state index contributed by atoms with van der Waals surface area (Å²) < 4.78 is 38.4. The van der Waals surface area contributed by atoms with E-state index in [-0.39, 0.29) is 35.4 Å². The van der Waals surface area contributed by atoms with Gasteiger partial charge in [-0.2, -0.15) is 0 Å². The van der Waals surface area contributed by atoms with Crippen LogP contribution in [0.2, 0.25) is 0 Å². The van der Waals surface area contributed by atoms with Crippen molar-refractivity contribution in [3.8, 4) is 40.3 Å². The van der Waals surface area contributed by atoms with Gasteiger partial charge < -0.3 is 24.7 Å². The fourth-order valence-corrected chi connectivity index (χ4v) is 6.48. The second-order valence-corrected chi connectivity index (χ2v) is 12.9. The summed E-state index contributed by atoms with van der Waals surface area (Å²) in [5, 5.41) is 0.491. The van der Waals surface area contributed by atoms with Gasteiger partial charge in [0.25, 0.3) is 0 Å². The Morgan fingerprint density at radius 3 is 2.63 bits per heavy atom. The quantitative estimate of drug-likeness (QED) is 0.250. The number of anilines is 1. The SMILES string of the molecule is C=CC(=O)N1C[C@@H]2C(C#Cc3c(-c4ccc(Oc5cccc(C)n5)c(OC)c4)c4c(N)ncnc4n3CS(C)(=O)=O)[C@@H]2C1. The highest BCUT2D eigenvalue weighted by Crippen LogP contribution is 2.51. The number of nitrogen functional groups attached to an aromatic ring is 1. The summed E-state index contributed by atoms with van der Waals surface area (Å²) in [7, 11) is -1.96. The molecule has 4 aromatic rings. The smallest absolute Gasteiger partial charge is 0.245 e. The van der Waals surface area contributed by atoms with Gasteiger partial charge in [-0.25, -0.2) is 23.4 Å². The number of likely N-dealkylation sites (tertiary alicyclic amines) is 1. The van der Waals surface area contributed by atoms with Crippen LogP contribution in [-0.4, -0.2) is 65.2 Å². The predicted octanol–water partition coefficient (Wildman–Crippen LogP) is 3.43. The Kier molecular flexibility index (Phi) is 7.06. The Balaban J connectivity index is 1.46. The molecule has 1 amide bonds. The van der Waals surface area contributed by atoms with Crippen molar-refractivity contribution in [1.29, 1.82) is 0 Å². The maximum atomic E-state index is 12.6. The zero-order valence-corrected chi connectivity index (χ0v) is 24.8. The second kappa shape index (κ2) is 10.7. The fraction of sp³-hybridized carbons (Fsp3) is 0.290. The highest BCUT2D eigenvalue weighted by Gasteiger charge is 2.55. The van der Waals surface area contributed by atoms with Crippen LogP contribution in [0.1, 0.15) is 11.4 Å². The number of ether oxygens (including phenoxy) is 2. The number of carbonyl (C=O) groups excluding carboxylic acids is 1. The summed E-state index contributed by atoms with van der Waals surface area (Å²) in [6, 6.07) is 10.9. The van der Waals surface area contributed by atoms with E-state index in [1.807, 2.05) is 25.1 Å². The van der Waals surface area contributed by atoms with Gasteiger partial charge in [-0.1, -0.05) is 24.6 Å². The summed E-state index contributed by atoms with van der Waals surface area (Å²) in [4.78, 5) is 26.8. The molecule has 1 unspecified atom stereocenters. The Labute approximate surface area is 249 Å². The minimum absolute atomic E-state index is 0.0805. The van der Waals surface area contributed by atoms with Crippen molar-refractivity contribution in [2.75, 3.05) is 32.2 Å². The summed E-state index contributed by atoms with van der Waals surface area (Å²) >= 11 is 0. The Morgan fingerprint density at radius 2 is 1.95 bits per heavy atom. The number of aromatic nitrogens is 4. The third-order valence-corrected chi connectivity index (χ3v) is 8.53. The zero-order valence-electron chi connectivity index (χ0n) is 23.9. The van der Waals surface area contributed by atoms with E-state index in [0.29, 0.717) is 58.3 Å². The van der Waals surface area contributed by atoms with Crippen molar-refractivity contribution in [2.45, 2.75) is 12.8 Å². The number of aryl methyl sites for hydroxylation is 1. The number of benzene rings is 1. The van der Waals surface area contributed by atoms with E-state index in [0.717, 1.165) is 11.9 Å². The first kappa shape index (κ1) is 28.2. The molecule has 1 saturated heterocycles. The second-order valence-electron chi connectivity index (χ2n) is 10.8. The maximum Gasteiger partial charge on any atom is 0.245 e. The fourth-order valence-electron chi connectivity index (χ4n) is 5.76. The van der Waals surface area contributed by atoms with Crippen LogP contribution < -0.4 is 15.2 Å². The van der Waals surface area contributed by atoms with Crippen molar-refractivity contribution >= 4 is 32.6 Å². The number of rotatable bonds is 7. The minimum atomic E-state index is -3.50. The molecule has 12 heteroatoms. The lowest BCUT2D eigenvalue weighted by Crippen LogP contribution is -2.29. The molecule has 3 atom stereocenters. The molecule has 2 fully saturated rings. The number of fused-ring (bicyclic) bond motifs is 2. The van der Waals surface area contributed by atoms with Gasteiger partial charge >= 0.3 is 0 Å². The number of nitrogens with zero attached hydrogens (tertiary/aromatic N) is 5. The van der Waals surface area contributed by atoms with Gasteiger partial charge in [-0.15, -0.1) is 0 Å². The van der Waals surface area contributed by atoms with E-state index in [1.165, 1.54) is 19.5 Å². The van der Waals surface area contributed by atoms with Crippen molar-refractivity contribution in [3.05, 3.63) is 66.8 Å². The molecule has 2 N–H and O–H groups in total. The summed E-state index contributed by atoms with van der Waals surface area (Å²) in [5.74, 6) is 8.34. The van der Waals surface area contributed by atoms with Gasteiger partial charge in [0.2, 0.25) is 11.8 Å². The average molecular weight is 599 g/mol. The molecule has 11 nitrogen and oxygen atoms in total. The largest absolute Gasteiger partial charge is 0.493 e. The lowest BCUT2D eigenvalue weighted by atomic mass is 10.0. The topological polar surface area (TPSA) is 143 Å². The lowest BCUT2D eigenvalue weighted by molar-refractivity contribution is -0.125. The minimum Gasteiger partial charge on any atom is -0.493 e. The third kappa shape index (κ3) is 5.39. The van der Waals surface area contributed by atoms with Crippen molar-refractivity contribution < 1.29 is 22.7 Å². The van der Waals surface area contributed by atoms with Crippen molar-refractivity contribution in [3.63, 3.8) is 0 Å². The molecule has 0 radical (unpaired) electrons. The van der Waals surface area contributed by atoms with Crippen LogP contribution in [0.4, 0.5) is 5.82 Å². The van der Waals surface area contributed by atoms with Gasteiger partial charge in [0.05, 0.1) is 12.5 Å². The number of hydrogen-bond donors (Lipinski definition) is 1. The summed E-state index contributed by atoms with van der Waals surface area (Å²) in [6.45, 7) is 6.70. The zero-order chi connectivity index (χ0) is 30.5. The van der Waals surface area contributed by atoms with E-state index in [1.54, 1.807) is 27.7 Å². The molecule has 1 aromatic carbocycles. The van der Waals surface area contributed by atoms with Crippen LogP contribution >= 0.6 is 0 Å². The molecular formula is C31H30N6O5S. The Morgan fingerprint density at radius 1 is 1.19 bits per heavy atom. The molecule has 4 heterocycles. The molecule has 1 aliphatic carbocycles. The van der Waals surface area contributed by atoms with Crippen molar-refractivity contribution in [1.82, 2.24) is 24.4 Å². The van der Waals surface area contributed by atoms with Gasteiger partial charge in [0.15, 0.2) is 21.3 Å². The molecular weight excluding hydrogens is 568 g/mol. The number of pyridine rings is 1. The first-order valence-electron chi connectivity index (χ1n) is 13.6. The van der Waals surface area contributed by atoms with Crippen LogP contribution in [0.25, 0.3) is 22.2 Å². The van der Waals surface area contributed by atoms with Crippen LogP contribution in [0.15, 0.2) is 55.4 Å². The first-order valence-corrected chi connectivity index (χ1v) is 15.7. The molecule has 2 aliphatic rings. The lowest BCUT2D eigenvalue weighted by Gasteiger charge is -2.16. The molecule has 3 aromatic heterocycles. The van der Waals surface area contributed by atoms with Gasteiger partial charge in [-0.05, 0) is 54.5 Å². The molecule has 220 valence electrons. The standard InChI is InChI=1S/C31H30N6O5S/c1-5-27(38)36-14-21-20(22(21)15-36)10-11-23-28(29-30(32)33-16-34-31(29)37(23)17-43(4,39)40)19-9-12-24(25(13-19)41-3)42-26-8-6-7-18(2)35-26/h5-9,12-13,16,20-22H,1,14-15,17H2,2-4H3,(H2,32,33,34)/t20?,21-,22+. The van der Waals surface area contributed by atoms with Crippen LogP contribution in [0, 0.1) is 36.5 Å². The van der Waals surface area contributed by atoms with E-state index in [4.69, 9.17) is 15.2 Å². The summed E-state index contributed by atoms with van der Waals surface area (Å²) in [5.41, 5.74) is 9.27. The Hall–Kier alpha value is -4.89. The molecule has 1 aliphatic heterocycles. The van der Waals surface area contributed by atoms with E-state index in [2.05, 4.69) is 33.4 Å². The summed E-state index contributed by atoms with van der Waals surface area (Å²) in [6.07, 6.45) is 3.79. The molecule has 1 saturated carbocycles. The highest BCUT2D eigenvalue weighted by atomic mass is 32.2. The van der Waals surface area contributed by atoms with E-state index < -0.39 is 9.84 Å². The monoisotopic (exact) mass is 598 g/mol. The number of carbonyl (C=O) groups is 1. The van der Waals surface area contributed by atoms with Crippen molar-refractivity contribution in [2.24, 2.45) is 17.8 Å². The number of hydrogen-bond acceptors (Lipinski definition) is 9. The molecule has 0 bridgehead atoms. The van der Waals surface area contributed by atoms with Crippen LogP contribution in [0.3, 0.4) is 0 Å². The highest BCUT2D eigenvalue weighted by molar-refractivity contribution is 7.89. The van der Waals surface area contributed by atoms with Gasteiger partial charge in [0, 0.05) is 42.6 Å². The van der Waals surface area contributed by atoms with E-state index >= 15 is 0 Å².